The minimum Gasteiger partial charge on any atom is -0.324 e. The molecule has 0 spiro atoms. The number of benzene rings is 2. The maximum Gasteiger partial charge on any atom is 0.0892 e. The summed E-state index contributed by atoms with van der Waals surface area (Å²) in [6.07, 6.45) is 20.3. The smallest absolute Gasteiger partial charge is 0.0892 e. The van der Waals surface area contributed by atoms with E-state index >= 15 is 0 Å². The standard InChI is InChI=1S/C34H26N4/c1-2-22-37(21-1)31-13-9-27(10-14-31)5-7-29-17-19-35-33(25-29)34-26-30(18-20-36-34)8-6-28-11-15-32(16-12-28)38-23-3-4-24-38/h1-26H/b7-5+,8-6+. The highest BCUT2D eigenvalue weighted by molar-refractivity contribution is 5.74. The zero-order chi connectivity index (χ0) is 25.6. The summed E-state index contributed by atoms with van der Waals surface area (Å²) in [5.74, 6) is 0. The average Bonchev–Trinajstić information content (AvgIpc) is 3.72. The topological polar surface area (TPSA) is 35.6 Å². The van der Waals surface area contributed by atoms with Gasteiger partial charge in [0.2, 0.25) is 0 Å². The van der Waals surface area contributed by atoms with E-state index in [4.69, 9.17) is 0 Å². The highest BCUT2D eigenvalue weighted by Crippen LogP contribution is 2.20. The van der Waals surface area contributed by atoms with Crippen LogP contribution in [0.4, 0.5) is 0 Å². The summed E-state index contributed by atoms with van der Waals surface area (Å²) in [6, 6.07) is 33.3. The second-order valence-electron chi connectivity index (χ2n) is 8.98. The molecular weight excluding hydrogens is 464 g/mol. The molecule has 0 aliphatic carbocycles. The maximum absolute atomic E-state index is 4.57. The van der Waals surface area contributed by atoms with Crippen molar-refractivity contribution < 1.29 is 0 Å². The lowest BCUT2D eigenvalue weighted by Crippen LogP contribution is -1.89. The first kappa shape index (κ1) is 23.2. The van der Waals surface area contributed by atoms with Gasteiger partial charge >= 0.3 is 0 Å². The monoisotopic (exact) mass is 490 g/mol. The first-order chi connectivity index (χ1) is 18.8. The molecule has 0 saturated heterocycles. The van der Waals surface area contributed by atoms with Crippen LogP contribution in [-0.4, -0.2) is 19.1 Å². The van der Waals surface area contributed by atoms with Gasteiger partial charge in [0.05, 0.1) is 11.4 Å². The molecule has 4 heterocycles. The molecule has 6 aromatic rings. The maximum atomic E-state index is 4.57. The molecule has 6 rings (SSSR count). The van der Waals surface area contributed by atoms with Crippen LogP contribution in [0, 0.1) is 0 Å². The van der Waals surface area contributed by atoms with Crippen molar-refractivity contribution in [3.05, 3.63) is 156 Å². The van der Waals surface area contributed by atoms with Gasteiger partial charge in [-0.2, -0.15) is 0 Å². The molecule has 4 aromatic heterocycles. The van der Waals surface area contributed by atoms with Crippen molar-refractivity contribution >= 4 is 24.3 Å². The Kier molecular flexibility index (Phi) is 6.60. The fourth-order valence-electron chi connectivity index (χ4n) is 4.29. The van der Waals surface area contributed by atoms with Gasteiger partial charge in [-0.05, 0) is 95.1 Å². The lowest BCUT2D eigenvalue weighted by Gasteiger charge is -2.04. The van der Waals surface area contributed by atoms with Crippen molar-refractivity contribution in [1.82, 2.24) is 19.1 Å². The van der Waals surface area contributed by atoms with E-state index in [1.165, 1.54) is 0 Å². The van der Waals surface area contributed by atoms with Gasteiger partial charge in [0, 0.05) is 48.6 Å². The quantitative estimate of drug-likeness (QED) is 0.227. The van der Waals surface area contributed by atoms with E-state index in [1.807, 2.05) is 73.6 Å². The first-order valence-electron chi connectivity index (χ1n) is 12.6. The summed E-state index contributed by atoms with van der Waals surface area (Å²) in [5.41, 5.74) is 8.43. The number of nitrogens with zero attached hydrogens (tertiary/aromatic N) is 4. The Bertz CT molecular complexity index is 1540. The van der Waals surface area contributed by atoms with E-state index in [2.05, 4.69) is 104 Å². The first-order valence-corrected chi connectivity index (χ1v) is 12.6. The molecule has 182 valence electrons. The third-order valence-corrected chi connectivity index (χ3v) is 6.36. The molecule has 0 atom stereocenters. The number of pyridine rings is 2. The van der Waals surface area contributed by atoms with Crippen molar-refractivity contribution in [2.45, 2.75) is 0 Å². The van der Waals surface area contributed by atoms with Gasteiger partial charge in [-0.3, -0.25) is 9.97 Å². The van der Waals surface area contributed by atoms with Crippen molar-refractivity contribution in [3.8, 4) is 22.8 Å². The van der Waals surface area contributed by atoms with E-state index in [0.29, 0.717) is 0 Å². The molecule has 0 N–H and O–H groups in total. The van der Waals surface area contributed by atoms with E-state index in [-0.39, 0.29) is 0 Å². The van der Waals surface area contributed by atoms with Crippen LogP contribution in [0.2, 0.25) is 0 Å². The Morgan fingerprint density at radius 3 is 1.18 bits per heavy atom. The van der Waals surface area contributed by atoms with Crippen molar-refractivity contribution in [1.29, 1.82) is 0 Å². The van der Waals surface area contributed by atoms with Gasteiger partial charge in [-0.15, -0.1) is 0 Å². The average molecular weight is 491 g/mol. The molecule has 2 aromatic carbocycles. The largest absolute Gasteiger partial charge is 0.324 e. The van der Waals surface area contributed by atoms with Crippen molar-refractivity contribution in [2.24, 2.45) is 0 Å². The molecule has 0 aliphatic heterocycles. The molecule has 0 amide bonds. The van der Waals surface area contributed by atoms with Crippen LogP contribution in [0.1, 0.15) is 22.3 Å². The fraction of sp³-hybridized carbons (Fsp3) is 0. The Hall–Kier alpha value is -5.22. The van der Waals surface area contributed by atoms with Gasteiger partial charge in [-0.25, -0.2) is 0 Å². The summed E-state index contributed by atoms with van der Waals surface area (Å²) >= 11 is 0. The Morgan fingerprint density at radius 2 is 0.789 bits per heavy atom. The summed E-state index contributed by atoms with van der Waals surface area (Å²) in [5, 5.41) is 0. The summed E-state index contributed by atoms with van der Waals surface area (Å²) in [6.45, 7) is 0. The lowest BCUT2D eigenvalue weighted by atomic mass is 10.1. The van der Waals surface area contributed by atoms with Gasteiger partial charge in [-0.1, -0.05) is 48.6 Å². The van der Waals surface area contributed by atoms with Crippen molar-refractivity contribution in [3.63, 3.8) is 0 Å². The summed E-state index contributed by atoms with van der Waals surface area (Å²) < 4.78 is 4.19. The minimum absolute atomic E-state index is 0.849. The van der Waals surface area contributed by atoms with E-state index in [9.17, 15) is 0 Å². The minimum atomic E-state index is 0.849. The Morgan fingerprint density at radius 1 is 0.421 bits per heavy atom. The molecule has 0 bridgehead atoms. The molecule has 0 saturated carbocycles. The van der Waals surface area contributed by atoms with Gasteiger partial charge in [0.25, 0.3) is 0 Å². The van der Waals surface area contributed by atoms with Gasteiger partial charge in [0.1, 0.15) is 0 Å². The van der Waals surface area contributed by atoms with Crippen LogP contribution in [0.15, 0.2) is 134 Å². The van der Waals surface area contributed by atoms with E-state index in [1.54, 1.807) is 0 Å². The number of aromatic nitrogens is 4. The van der Waals surface area contributed by atoms with Crippen LogP contribution in [-0.2, 0) is 0 Å². The van der Waals surface area contributed by atoms with Crippen LogP contribution in [0.3, 0.4) is 0 Å². The normalized spacial score (nSPS) is 11.5. The molecule has 0 aliphatic rings. The third kappa shape index (κ3) is 5.45. The van der Waals surface area contributed by atoms with Crippen LogP contribution < -0.4 is 0 Å². The third-order valence-electron chi connectivity index (χ3n) is 6.36. The molecule has 0 radical (unpaired) electrons. The van der Waals surface area contributed by atoms with Crippen LogP contribution >= 0.6 is 0 Å². The molecule has 4 heteroatoms. The second-order valence-corrected chi connectivity index (χ2v) is 8.98. The molecular formula is C34H26N4. The molecule has 4 nitrogen and oxygen atoms in total. The highest BCUT2D eigenvalue weighted by Gasteiger charge is 2.03. The van der Waals surface area contributed by atoms with Gasteiger partial charge in [0.15, 0.2) is 0 Å². The summed E-state index contributed by atoms with van der Waals surface area (Å²) in [4.78, 5) is 9.15. The lowest BCUT2D eigenvalue weighted by molar-refractivity contribution is 1.08. The predicted octanol–water partition coefficient (Wildman–Crippen LogP) is 8.07. The number of hydrogen-bond donors (Lipinski definition) is 0. The molecule has 0 unspecified atom stereocenters. The second kappa shape index (κ2) is 10.8. The Balaban J connectivity index is 1.15. The number of hydrogen-bond acceptors (Lipinski definition) is 2. The molecule has 38 heavy (non-hydrogen) atoms. The number of rotatable bonds is 7. The zero-order valence-corrected chi connectivity index (χ0v) is 20.8. The van der Waals surface area contributed by atoms with E-state index < -0.39 is 0 Å². The summed E-state index contributed by atoms with van der Waals surface area (Å²) in [7, 11) is 0. The SMILES string of the molecule is C(=C\c1ccnc(-c2cc(/C=C/c3ccc(-n4cccc4)cc3)ccn2)c1)/c1ccc(-n2cccc2)cc1. The fourth-order valence-corrected chi connectivity index (χ4v) is 4.29. The van der Waals surface area contributed by atoms with Gasteiger partial charge < -0.3 is 9.13 Å². The predicted molar refractivity (Wildman–Crippen MR) is 157 cm³/mol. The van der Waals surface area contributed by atoms with E-state index in [0.717, 1.165) is 45.0 Å². The molecule has 0 fully saturated rings. The highest BCUT2D eigenvalue weighted by atomic mass is 14.9. The van der Waals surface area contributed by atoms with Crippen molar-refractivity contribution in [2.75, 3.05) is 0 Å². The van der Waals surface area contributed by atoms with Crippen LogP contribution in [0.25, 0.3) is 47.1 Å². The zero-order valence-electron chi connectivity index (χ0n) is 20.8. The van der Waals surface area contributed by atoms with Crippen LogP contribution in [0.5, 0.6) is 0 Å². The Labute approximate surface area is 222 Å².